The molecule has 2 heterocycles. The van der Waals surface area contributed by atoms with Crippen LogP contribution in [0.15, 0.2) is 18.7 Å². The highest BCUT2D eigenvalue weighted by molar-refractivity contribution is 5.73. The van der Waals surface area contributed by atoms with Crippen molar-refractivity contribution in [2.45, 2.75) is 13.8 Å². The first kappa shape index (κ1) is 14.3. The fourth-order valence-electron chi connectivity index (χ4n) is 2.07. The van der Waals surface area contributed by atoms with Crippen LogP contribution in [0.25, 0.3) is 6.08 Å². The van der Waals surface area contributed by atoms with Crippen LogP contribution < -0.4 is 4.90 Å². The molecule has 0 radical (unpaired) electrons. The number of aromatic nitrogens is 2. The zero-order valence-corrected chi connectivity index (χ0v) is 12.0. The highest BCUT2D eigenvalue weighted by Crippen LogP contribution is 2.13. The van der Waals surface area contributed by atoms with E-state index in [2.05, 4.69) is 14.9 Å². The molecule has 6 heteroatoms. The van der Waals surface area contributed by atoms with Gasteiger partial charge in [0.2, 0.25) is 5.91 Å². The maximum absolute atomic E-state index is 11.3. The van der Waals surface area contributed by atoms with Crippen molar-refractivity contribution in [2.24, 2.45) is 0 Å². The highest BCUT2D eigenvalue weighted by Gasteiger charge is 2.19. The molecule has 1 saturated heterocycles. The fraction of sp³-hybridized carbons (Fsp3) is 0.500. The Morgan fingerprint density at radius 3 is 2.75 bits per heavy atom. The van der Waals surface area contributed by atoms with Crippen molar-refractivity contribution in [3.8, 4) is 0 Å². The van der Waals surface area contributed by atoms with E-state index in [0.29, 0.717) is 6.61 Å². The van der Waals surface area contributed by atoms with Gasteiger partial charge in [0, 0.05) is 33.1 Å². The highest BCUT2D eigenvalue weighted by atomic mass is 16.5. The van der Waals surface area contributed by atoms with Crippen LogP contribution in [0.2, 0.25) is 0 Å². The Kier molecular flexibility index (Phi) is 4.92. The van der Waals surface area contributed by atoms with E-state index in [-0.39, 0.29) is 5.91 Å². The molecule has 1 aromatic rings. The second kappa shape index (κ2) is 6.88. The molecule has 0 bridgehead atoms. The van der Waals surface area contributed by atoms with Gasteiger partial charge < -0.3 is 14.5 Å². The first-order chi connectivity index (χ1) is 9.70. The summed E-state index contributed by atoms with van der Waals surface area (Å²) in [7, 11) is 0. The third kappa shape index (κ3) is 3.69. The molecule has 1 amide bonds. The number of carbonyl (C=O) groups is 1. The van der Waals surface area contributed by atoms with Gasteiger partial charge in [0.05, 0.1) is 31.0 Å². The van der Waals surface area contributed by atoms with Crippen molar-refractivity contribution in [2.75, 3.05) is 37.7 Å². The van der Waals surface area contributed by atoms with Gasteiger partial charge in [-0.2, -0.15) is 0 Å². The molecular weight excluding hydrogens is 256 g/mol. The number of carbonyl (C=O) groups excluding carboxylic acids is 1. The smallest absolute Gasteiger partial charge is 0.219 e. The van der Waals surface area contributed by atoms with Gasteiger partial charge >= 0.3 is 0 Å². The van der Waals surface area contributed by atoms with Crippen LogP contribution >= 0.6 is 0 Å². The minimum atomic E-state index is 0.129. The molecule has 0 atom stereocenters. The SMILES string of the molecule is CCOC=Cc1cncc(N2CCN(C(C)=O)CC2)n1. The number of hydrogen-bond donors (Lipinski definition) is 0. The number of ether oxygens (including phenoxy) is 1. The topological polar surface area (TPSA) is 58.6 Å². The van der Waals surface area contributed by atoms with Crippen molar-refractivity contribution in [3.05, 3.63) is 24.3 Å². The van der Waals surface area contributed by atoms with E-state index in [0.717, 1.165) is 37.7 Å². The summed E-state index contributed by atoms with van der Waals surface area (Å²) in [4.78, 5) is 24.0. The molecule has 1 aliphatic heterocycles. The standard InChI is InChI=1S/C14H20N4O2/c1-3-20-9-4-13-10-15-11-14(16-13)18-7-5-17(6-8-18)12(2)19/h4,9-11H,3,5-8H2,1-2H3. The molecule has 0 aliphatic carbocycles. The van der Waals surface area contributed by atoms with E-state index in [1.807, 2.05) is 11.8 Å². The molecule has 0 aromatic carbocycles. The number of anilines is 1. The minimum absolute atomic E-state index is 0.129. The predicted octanol–water partition coefficient (Wildman–Crippen LogP) is 1.15. The Morgan fingerprint density at radius 2 is 2.10 bits per heavy atom. The lowest BCUT2D eigenvalue weighted by Crippen LogP contribution is -2.48. The van der Waals surface area contributed by atoms with Crippen molar-refractivity contribution in [1.82, 2.24) is 14.9 Å². The maximum atomic E-state index is 11.3. The van der Waals surface area contributed by atoms with Crippen LogP contribution in [0.3, 0.4) is 0 Å². The summed E-state index contributed by atoms with van der Waals surface area (Å²) in [5, 5.41) is 0. The van der Waals surface area contributed by atoms with Gasteiger partial charge in [-0.3, -0.25) is 9.78 Å². The molecule has 1 fully saturated rings. The molecule has 6 nitrogen and oxygen atoms in total. The number of hydrogen-bond acceptors (Lipinski definition) is 5. The Morgan fingerprint density at radius 1 is 1.35 bits per heavy atom. The Hall–Kier alpha value is -2.11. The number of amides is 1. The van der Waals surface area contributed by atoms with Gasteiger partial charge in [-0.25, -0.2) is 4.98 Å². The molecule has 1 aromatic heterocycles. The summed E-state index contributed by atoms with van der Waals surface area (Å²) < 4.78 is 5.16. The van der Waals surface area contributed by atoms with Gasteiger partial charge in [-0.15, -0.1) is 0 Å². The van der Waals surface area contributed by atoms with Crippen LogP contribution in [0.4, 0.5) is 5.82 Å². The lowest BCUT2D eigenvalue weighted by atomic mass is 10.3. The summed E-state index contributed by atoms with van der Waals surface area (Å²) in [5.41, 5.74) is 0.768. The third-order valence-electron chi connectivity index (χ3n) is 3.19. The molecule has 0 spiro atoms. The maximum Gasteiger partial charge on any atom is 0.219 e. The van der Waals surface area contributed by atoms with E-state index < -0.39 is 0 Å². The van der Waals surface area contributed by atoms with Crippen molar-refractivity contribution in [3.63, 3.8) is 0 Å². The van der Waals surface area contributed by atoms with Crippen molar-refractivity contribution >= 4 is 17.8 Å². The third-order valence-corrected chi connectivity index (χ3v) is 3.19. The molecule has 108 valence electrons. The van der Waals surface area contributed by atoms with Crippen molar-refractivity contribution in [1.29, 1.82) is 0 Å². The van der Waals surface area contributed by atoms with Crippen LogP contribution in [-0.4, -0.2) is 53.6 Å². The molecule has 0 saturated carbocycles. The average Bonchev–Trinajstić information content (AvgIpc) is 2.48. The van der Waals surface area contributed by atoms with Crippen molar-refractivity contribution < 1.29 is 9.53 Å². The molecular formula is C14H20N4O2. The van der Waals surface area contributed by atoms with Gasteiger partial charge in [0.25, 0.3) is 0 Å². The molecule has 0 unspecified atom stereocenters. The second-order valence-corrected chi connectivity index (χ2v) is 4.55. The molecule has 0 N–H and O–H groups in total. The summed E-state index contributed by atoms with van der Waals surface area (Å²) in [6.45, 7) is 7.21. The van der Waals surface area contributed by atoms with Gasteiger partial charge in [0.15, 0.2) is 0 Å². The summed E-state index contributed by atoms with van der Waals surface area (Å²) >= 11 is 0. The van der Waals surface area contributed by atoms with Crippen LogP contribution in [0.5, 0.6) is 0 Å². The largest absolute Gasteiger partial charge is 0.501 e. The van der Waals surface area contributed by atoms with Gasteiger partial charge in [0.1, 0.15) is 5.82 Å². The summed E-state index contributed by atoms with van der Waals surface area (Å²) in [6, 6.07) is 0. The van der Waals surface area contributed by atoms with Gasteiger partial charge in [-0.1, -0.05) is 0 Å². The van der Waals surface area contributed by atoms with E-state index >= 15 is 0 Å². The monoisotopic (exact) mass is 276 g/mol. The van der Waals surface area contributed by atoms with Crippen LogP contribution in [0, 0.1) is 0 Å². The molecule has 20 heavy (non-hydrogen) atoms. The average molecular weight is 276 g/mol. The lowest BCUT2D eigenvalue weighted by molar-refractivity contribution is -0.129. The second-order valence-electron chi connectivity index (χ2n) is 4.55. The number of rotatable bonds is 4. The van der Waals surface area contributed by atoms with Crippen LogP contribution in [-0.2, 0) is 9.53 Å². The van der Waals surface area contributed by atoms with E-state index in [1.54, 1.807) is 31.7 Å². The first-order valence-corrected chi connectivity index (χ1v) is 6.81. The zero-order chi connectivity index (χ0) is 14.4. The molecule has 1 aliphatic rings. The van der Waals surface area contributed by atoms with Crippen LogP contribution in [0.1, 0.15) is 19.5 Å². The zero-order valence-electron chi connectivity index (χ0n) is 12.0. The number of nitrogens with zero attached hydrogens (tertiary/aromatic N) is 4. The first-order valence-electron chi connectivity index (χ1n) is 6.81. The van der Waals surface area contributed by atoms with Gasteiger partial charge in [-0.05, 0) is 13.0 Å². The minimum Gasteiger partial charge on any atom is -0.501 e. The predicted molar refractivity (Wildman–Crippen MR) is 77.2 cm³/mol. The van der Waals surface area contributed by atoms with E-state index in [1.165, 1.54) is 0 Å². The lowest BCUT2D eigenvalue weighted by Gasteiger charge is -2.34. The fourth-order valence-corrected chi connectivity index (χ4v) is 2.07. The Bertz CT molecular complexity index is 482. The number of piperazine rings is 1. The summed E-state index contributed by atoms with van der Waals surface area (Å²) in [5.74, 6) is 0.969. The quantitative estimate of drug-likeness (QED) is 0.772. The van der Waals surface area contributed by atoms with E-state index in [9.17, 15) is 4.79 Å². The summed E-state index contributed by atoms with van der Waals surface area (Å²) in [6.07, 6.45) is 6.87. The Labute approximate surface area is 119 Å². The van der Waals surface area contributed by atoms with E-state index in [4.69, 9.17) is 4.74 Å². The Balaban J connectivity index is 1.99. The molecule has 2 rings (SSSR count). The normalized spacial score (nSPS) is 15.7.